The van der Waals surface area contributed by atoms with Crippen LogP contribution in [0.5, 0.6) is 0 Å². The van der Waals surface area contributed by atoms with Crippen LogP contribution < -0.4 is 0 Å². The molecule has 0 atom stereocenters. The maximum atomic E-state index is 9.23. The summed E-state index contributed by atoms with van der Waals surface area (Å²) in [7, 11) is 0. The molecule has 0 aromatic carbocycles. The van der Waals surface area contributed by atoms with Gasteiger partial charge >= 0.3 is 0 Å². The zero-order chi connectivity index (χ0) is 4.83. The van der Waals surface area contributed by atoms with Gasteiger partial charge in [0.05, 0.1) is 0 Å². The van der Waals surface area contributed by atoms with Crippen LogP contribution in [0.3, 0.4) is 0 Å². The van der Waals surface area contributed by atoms with E-state index in [1.807, 2.05) is 0 Å². The molecule has 6 heavy (non-hydrogen) atoms. The maximum Gasteiger partial charge on any atom is 0.297 e. The molecule has 0 fully saturated rings. The highest BCUT2D eigenvalue weighted by atomic mass is 35.5. The third kappa shape index (κ3) is 3.50. The predicted molar refractivity (Wildman–Crippen MR) is 22.1 cm³/mol. The van der Waals surface area contributed by atoms with Gasteiger partial charge in [-0.2, -0.15) is 0 Å². The van der Waals surface area contributed by atoms with Gasteiger partial charge in [0.15, 0.2) is 0 Å². The second-order valence-electron chi connectivity index (χ2n) is 0.494. The van der Waals surface area contributed by atoms with E-state index >= 15 is 0 Å². The van der Waals surface area contributed by atoms with Gasteiger partial charge in [-0.15, -0.1) is 0 Å². The van der Waals surface area contributed by atoms with Crippen LogP contribution in [0.2, 0.25) is 0 Å². The fraction of sp³-hybridized carbons (Fsp3) is 0. The van der Waals surface area contributed by atoms with Crippen LogP contribution >= 0.6 is 11.6 Å². The second kappa shape index (κ2) is 4.50. The lowest BCUT2D eigenvalue weighted by molar-refractivity contribution is -0.123. The molecule has 0 amide bonds. The number of ether oxygens (including phenoxy) is 1. The lowest BCUT2D eigenvalue weighted by Gasteiger charge is -1.73. The van der Waals surface area contributed by atoms with E-state index in [1.54, 1.807) is 0 Å². The first-order valence-corrected chi connectivity index (χ1v) is 1.70. The minimum Gasteiger partial charge on any atom is -0.436 e. The standard InChI is InChI=1S/C3H3ClO2/c4-1-2-6-3-5/h1-3H/b2-1+. The largest absolute Gasteiger partial charge is 0.436 e. The van der Waals surface area contributed by atoms with Gasteiger partial charge in [0.1, 0.15) is 6.26 Å². The van der Waals surface area contributed by atoms with Crippen LogP contribution in [-0.2, 0) is 9.53 Å². The lowest BCUT2D eigenvalue weighted by atomic mass is 11.1. The average molecular weight is 107 g/mol. The summed E-state index contributed by atoms with van der Waals surface area (Å²) in [6, 6.07) is 0. The fourth-order valence-electron chi connectivity index (χ4n) is 0.0618. The van der Waals surface area contributed by atoms with Crippen molar-refractivity contribution in [1.82, 2.24) is 0 Å². The van der Waals surface area contributed by atoms with Gasteiger partial charge in [0.2, 0.25) is 0 Å². The van der Waals surface area contributed by atoms with Crippen LogP contribution in [0.1, 0.15) is 0 Å². The number of carbonyl (C=O) groups is 1. The van der Waals surface area contributed by atoms with E-state index in [0.717, 1.165) is 11.8 Å². The minimum absolute atomic E-state index is 0.291. The van der Waals surface area contributed by atoms with Crippen LogP contribution in [0, 0.1) is 0 Å². The molecule has 0 rings (SSSR count). The Balaban J connectivity index is 2.85. The van der Waals surface area contributed by atoms with Crippen molar-refractivity contribution in [2.45, 2.75) is 0 Å². The molecule has 0 aliphatic heterocycles. The third-order valence-electron chi connectivity index (χ3n) is 0.186. The van der Waals surface area contributed by atoms with E-state index in [0.29, 0.717) is 6.47 Å². The number of hydrogen-bond donors (Lipinski definition) is 0. The zero-order valence-electron chi connectivity index (χ0n) is 2.93. The smallest absolute Gasteiger partial charge is 0.297 e. The summed E-state index contributed by atoms with van der Waals surface area (Å²) in [5.74, 6) is 0. The Morgan fingerprint density at radius 2 is 2.33 bits per heavy atom. The van der Waals surface area contributed by atoms with Crippen LogP contribution in [-0.4, -0.2) is 6.47 Å². The van der Waals surface area contributed by atoms with Crippen molar-refractivity contribution in [3.05, 3.63) is 11.8 Å². The number of rotatable bonds is 2. The SMILES string of the molecule is O=CO/C=C/Cl. The molecule has 0 heterocycles. The Bertz CT molecular complexity index is 59.8. The Morgan fingerprint density at radius 3 is 2.50 bits per heavy atom. The summed E-state index contributed by atoms with van der Waals surface area (Å²) in [6.07, 6.45) is 1.08. The molecular weight excluding hydrogens is 103 g/mol. The fourth-order valence-corrected chi connectivity index (χ4v) is 0.121. The average Bonchev–Trinajstić information content (AvgIpc) is 1.61. The van der Waals surface area contributed by atoms with Crippen molar-refractivity contribution >= 4 is 18.1 Å². The third-order valence-corrected chi connectivity index (χ3v) is 0.288. The van der Waals surface area contributed by atoms with E-state index < -0.39 is 0 Å². The molecule has 0 unspecified atom stereocenters. The first-order chi connectivity index (χ1) is 2.91. The van der Waals surface area contributed by atoms with Crippen molar-refractivity contribution in [3.63, 3.8) is 0 Å². The van der Waals surface area contributed by atoms with Crippen LogP contribution in [0.4, 0.5) is 0 Å². The van der Waals surface area contributed by atoms with Gasteiger partial charge in [-0.3, -0.25) is 4.79 Å². The van der Waals surface area contributed by atoms with Crippen LogP contribution in [0.15, 0.2) is 11.8 Å². The highest BCUT2D eigenvalue weighted by Crippen LogP contribution is 1.75. The predicted octanol–water partition coefficient (Wildman–Crippen LogP) is 0.869. The van der Waals surface area contributed by atoms with E-state index in [4.69, 9.17) is 11.6 Å². The van der Waals surface area contributed by atoms with Crippen molar-refractivity contribution < 1.29 is 9.53 Å². The molecule has 0 aromatic heterocycles. The molecule has 0 N–H and O–H groups in total. The summed E-state index contributed by atoms with van der Waals surface area (Å²) in [5.41, 5.74) is 1.11. The quantitative estimate of drug-likeness (QED) is 0.386. The molecule has 34 valence electrons. The van der Waals surface area contributed by atoms with Crippen molar-refractivity contribution in [2.24, 2.45) is 0 Å². The van der Waals surface area contributed by atoms with E-state index in [-0.39, 0.29) is 0 Å². The molecule has 0 aliphatic rings. The molecular formula is C3H3ClO2. The summed E-state index contributed by atoms with van der Waals surface area (Å²) in [4.78, 5) is 9.23. The molecule has 0 radical (unpaired) electrons. The van der Waals surface area contributed by atoms with Crippen LogP contribution in [0.25, 0.3) is 0 Å². The minimum atomic E-state index is 0.291. The molecule has 0 spiro atoms. The van der Waals surface area contributed by atoms with Gasteiger partial charge in [-0.25, -0.2) is 0 Å². The van der Waals surface area contributed by atoms with Crippen molar-refractivity contribution in [2.75, 3.05) is 0 Å². The topological polar surface area (TPSA) is 26.3 Å². The summed E-state index contributed by atoms with van der Waals surface area (Å²) in [5, 5.41) is 0. The van der Waals surface area contributed by atoms with Gasteiger partial charge in [-0.05, 0) is 0 Å². The Morgan fingerprint density at radius 1 is 1.67 bits per heavy atom. The molecule has 0 saturated heterocycles. The lowest BCUT2D eigenvalue weighted by Crippen LogP contribution is -1.68. The first kappa shape index (κ1) is 5.50. The number of hydrogen-bond acceptors (Lipinski definition) is 2. The number of carbonyl (C=O) groups excluding carboxylic acids is 1. The van der Waals surface area contributed by atoms with Gasteiger partial charge in [0.25, 0.3) is 6.47 Å². The normalized spacial score (nSPS) is 8.83. The Kier molecular flexibility index (Phi) is 4.12. The molecule has 0 saturated carbocycles. The molecule has 0 aliphatic carbocycles. The Hall–Kier alpha value is -0.500. The molecule has 3 heteroatoms. The molecule has 2 nitrogen and oxygen atoms in total. The second-order valence-corrected chi connectivity index (χ2v) is 0.746. The Labute approximate surface area is 40.4 Å². The van der Waals surface area contributed by atoms with Gasteiger partial charge < -0.3 is 4.74 Å². The first-order valence-electron chi connectivity index (χ1n) is 1.26. The molecule has 0 bridgehead atoms. The number of halogens is 1. The van der Waals surface area contributed by atoms with E-state index in [9.17, 15) is 4.79 Å². The monoisotopic (exact) mass is 106 g/mol. The summed E-state index contributed by atoms with van der Waals surface area (Å²) in [6.45, 7) is 0.291. The summed E-state index contributed by atoms with van der Waals surface area (Å²) >= 11 is 4.92. The van der Waals surface area contributed by atoms with E-state index in [1.165, 1.54) is 0 Å². The zero-order valence-corrected chi connectivity index (χ0v) is 3.68. The maximum absolute atomic E-state index is 9.23. The molecule has 0 aromatic rings. The van der Waals surface area contributed by atoms with Crippen molar-refractivity contribution in [1.29, 1.82) is 0 Å². The van der Waals surface area contributed by atoms with E-state index in [2.05, 4.69) is 4.74 Å². The van der Waals surface area contributed by atoms with Gasteiger partial charge in [-0.1, -0.05) is 11.6 Å². The van der Waals surface area contributed by atoms with Crippen molar-refractivity contribution in [3.8, 4) is 0 Å². The highest BCUT2D eigenvalue weighted by molar-refractivity contribution is 6.25. The van der Waals surface area contributed by atoms with Gasteiger partial charge in [0, 0.05) is 5.54 Å². The summed E-state index contributed by atoms with van der Waals surface area (Å²) < 4.78 is 3.99. The highest BCUT2D eigenvalue weighted by Gasteiger charge is 1.59.